The second kappa shape index (κ2) is 7.75. The second-order valence-electron chi connectivity index (χ2n) is 6.45. The van der Waals surface area contributed by atoms with Crippen LogP contribution in [-0.2, 0) is 4.79 Å². The molecule has 2 N–H and O–H groups in total. The first kappa shape index (κ1) is 18.4. The van der Waals surface area contributed by atoms with Gasteiger partial charge in [0.2, 0.25) is 5.91 Å². The predicted molar refractivity (Wildman–Crippen MR) is 92.6 cm³/mol. The van der Waals surface area contributed by atoms with E-state index in [4.69, 9.17) is 5.73 Å². The van der Waals surface area contributed by atoms with E-state index in [1.807, 2.05) is 18.7 Å². The molecule has 0 radical (unpaired) electrons. The van der Waals surface area contributed by atoms with Crippen molar-refractivity contribution in [3.63, 3.8) is 0 Å². The maximum Gasteiger partial charge on any atom is 0.239 e. The molecular weight excluding hydrogens is 309 g/mol. The van der Waals surface area contributed by atoms with Gasteiger partial charge in [-0.2, -0.15) is 0 Å². The number of carbonyl (C=O) groups excluding carboxylic acids is 2. The van der Waals surface area contributed by atoms with Crippen LogP contribution in [0.25, 0.3) is 0 Å². The zero-order valence-electron chi connectivity index (χ0n) is 14.6. The summed E-state index contributed by atoms with van der Waals surface area (Å²) in [6, 6.07) is 4.06. The highest BCUT2D eigenvalue weighted by atomic mass is 19.1. The number of hydrogen-bond acceptors (Lipinski definition) is 4. The van der Waals surface area contributed by atoms with Crippen molar-refractivity contribution in [2.45, 2.75) is 33.2 Å². The maximum absolute atomic E-state index is 14.2. The van der Waals surface area contributed by atoms with Crippen LogP contribution < -0.4 is 10.6 Å². The molecule has 1 aromatic carbocycles. The van der Waals surface area contributed by atoms with Crippen LogP contribution in [0.5, 0.6) is 0 Å². The monoisotopic (exact) mass is 335 g/mol. The third-order valence-corrected chi connectivity index (χ3v) is 4.83. The number of hydrogen-bond donors (Lipinski definition) is 1. The Morgan fingerprint density at radius 2 is 1.88 bits per heavy atom. The van der Waals surface area contributed by atoms with Crippen molar-refractivity contribution >= 4 is 17.4 Å². The molecule has 0 aliphatic carbocycles. The van der Waals surface area contributed by atoms with Gasteiger partial charge in [-0.15, -0.1) is 0 Å². The Hall–Kier alpha value is -1.95. The standard InChI is InChI=1S/C18H26FN3O2/c1-4-12(2)17(20)18(24)22-9-7-21(8-10-22)16-6-5-14(13(3)23)11-15(16)19/h5-6,11-12,17H,4,7-10,20H2,1-3H3. The van der Waals surface area contributed by atoms with Gasteiger partial charge in [0.15, 0.2) is 5.78 Å². The minimum atomic E-state index is -0.479. The summed E-state index contributed by atoms with van der Waals surface area (Å²) >= 11 is 0. The average Bonchev–Trinajstić information content (AvgIpc) is 2.59. The minimum absolute atomic E-state index is 0.0311. The van der Waals surface area contributed by atoms with Crippen LogP contribution in [-0.4, -0.2) is 48.8 Å². The molecule has 1 aliphatic heterocycles. The number of amides is 1. The van der Waals surface area contributed by atoms with Crippen LogP contribution in [0.3, 0.4) is 0 Å². The van der Waals surface area contributed by atoms with Gasteiger partial charge in [-0.25, -0.2) is 4.39 Å². The van der Waals surface area contributed by atoms with E-state index in [1.165, 1.54) is 13.0 Å². The molecule has 0 saturated carbocycles. The number of rotatable bonds is 5. The van der Waals surface area contributed by atoms with Gasteiger partial charge in [0.1, 0.15) is 5.82 Å². The molecule has 1 aromatic rings. The number of nitrogens with zero attached hydrogens (tertiary/aromatic N) is 2. The number of benzene rings is 1. The van der Waals surface area contributed by atoms with E-state index in [0.29, 0.717) is 37.4 Å². The van der Waals surface area contributed by atoms with E-state index in [9.17, 15) is 14.0 Å². The molecular formula is C18H26FN3O2. The third-order valence-electron chi connectivity index (χ3n) is 4.83. The van der Waals surface area contributed by atoms with Gasteiger partial charge in [-0.05, 0) is 31.0 Å². The van der Waals surface area contributed by atoms with Crippen molar-refractivity contribution in [3.05, 3.63) is 29.6 Å². The van der Waals surface area contributed by atoms with E-state index in [0.717, 1.165) is 6.42 Å². The van der Waals surface area contributed by atoms with Crippen molar-refractivity contribution in [1.82, 2.24) is 4.90 Å². The summed E-state index contributed by atoms with van der Waals surface area (Å²) in [6.45, 7) is 7.56. The first-order chi connectivity index (χ1) is 11.3. The maximum atomic E-state index is 14.2. The topological polar surface area (TPSA) is 66.6 Å². The summed E-state index contributed by atoms with van der Waals surface area (Å²) in [5, 5.41) is 0. The van der Waals surface area contributed by atoms with E-state index in [2.05, 4.69) is 0 Å². The van der Waals surface area contributed by atoms with Crippen LogP contribution in [0.1, 0.15) is 37.6 Å². The number of ketones is 1. The summed E-state index contributed by atoms with van der Waals surface area (Å²) < 4.78 is 14.2. The lowest BCUT2D eigenvalue weighted by Gasteiger charge is -2.37. The van der Waals surface area contributed by atoms with Crippen LogP contribution in [0.2, 0.25) is 0 Å². The Morgan fingerprint density at radius 3 is 2.38 bits per heavy atom. The van der Waals surface area contributed by atoms with Gasteiger partial charge in [0.25, 0.3) is 0 Å². The Labute approximate surface area is 142 Å². The van der Waals surface area contributed by atoms with Crippen molar-refractivity contribution in [2.75, 3.05) is 31.1 Å². The number of nitrogens with two attached hydrogens (primary N) is 1. The molecule has 1 amide bonds. The normalized spacial score (nSPS) is 17.5. The van der Waals surface area contributed by atoms with Gasteiger partial charge >= 0.3 is 0 Å². The zero-order chi connectivity index (χ0) is 17.9. The third kappa shape index (κ3) is 3.93. The van der Waals surface area contributed by atoms with Crippen molar-refractivity contribution < 1.29 is 14.0 Å². The molecule has 1 fully saturated rings. The molecule has 0 bridgehead atoms. The van der Waals surface area contributed by atoms with E-state index in [-0.39, 0.29) is 17.6 Å². The Kier molecular flexibility index (Phi) is 5.94. The van der Waals surface area contributed by atoms with E-state index < -0.39 is 11.9 Å². The zero-order valence-corrected chi connectivity index (χ0v) is 14.6. The summed E-state index contributed by atoms with van der Waals surface area (Å²) in [4.78, 5) is 27.4. The lowest BCUT2D eigenvalue weighted by atomic mass is 9.98. The fourth-order valence-electron chi connectivity index (χ4n) is 2.86. The van der Waals surface area contributed by atoms with Crippen LogP contribution in [0.15, 0.2) is 18.2 Å². The SMILES string of the molecule is CCC(C)C(N)C(=O)N1CCN(c2ccc(C(C)=O)cc2F)CC1. The Morgan fingerprint density at radius 1 is 1.25 bits per heavy atom. The van der Waals surface area contributed by atoms with Crippen molar-refractivity contribution in [2.24, 2.45) is 11.7 Å². The fourth-order valence-corrected chi connectivity index (χ4v) is 2.86. The molecule has 2 atom stereocenters. The van der Waals surface area contributed by atoms with Gasteiger partial charge in [0.05, 0.1) is 11.7 Å². The molecule has 2 rings (SSSR count). The molecule has 1 saturated heterocycles. The number of anilines is 1. The number of Topliss-reactive ketones (excluding diaryl/α,β-unsaturated/α-hetero) is 1. The highest BCUT2D eigenvalue weighted by Crippen LogP contribution is 2.22. The summed E-state index contributed by atoms with van der Waals surface area (Å²) in [7, 11) is 0. The van der Waals surface area contributed by atoms with Crippen molar-refractivity contribution in [1.29, 1.82) is 0 Å². The van der Waals surface area contributed by atoms with Gasteiger partial charge in [0, 0.05) is 31.7 Å². The number of halogens is 1. The smallest absolute Gasteiger partial charge is 0.239 e. The molecule has 6 heteroatoms. The molecule has 1 heterocycles. The molecule has 0 spiro atoms. The van der Waals surface area contributed by atoms with Gasteiger partial charge in [-0.3, -0.25) is 9.59 Å². The second-order valence-corrected chi connectivity index (χ2v) is 6.45. The van der Waals surface area contributed by atoms with Crippen LogP contribution in [0.4, 0.5) is 10.1 Å². The molecule has 132 valence electrons. The first-order valence-corrected chi connectivity index (χ1v) is 8.45. The quantitative estimate of drug-likeness (QED) is 0.837. The highest BCUT2D eigenvalue weighted by Gasteiger charge is 2.28. The van der Waals surface area contributed by atoms with Gasteiger partial charge in [-0.1, -0.05) is 20.3 Å². The van der Waals surface area contributed by atoms with Crippen LogP contribution >= 0.6 is 0 Å². The molecule has 24 heavy (non-hydrogen) atoms. The largest absolute Gasteiger partial charge is 0.366 e. The van der Waals surface area contributed by atoms with E-state index >= 15 is 0 Å². The van der Waals surface area contributed by atoms with Crippen LogP contribution in [0, 0.1) is 11.7 Å². The van der Waals surface area contributed by atoms with Gasteiger partial charge < -0.3 is 15.5 Å². The molecule has 1 aliphatic rings. The summed E-state index contributed by atoms with van der Waals surface area (Å²) in [5.41, 5.74) is 6.86. The Bertz CT molecular complexity index is 612. The summed E-state index contributed by atoms with van der Waals surface area (Å²) in [6.07, 6.45) is 0.862. The molecule has 2 unspecified atom stereocenters. The van der Waals surface area contributed by atoms with E-state index in [1.54, 1.807) is 17.0 Å². The fraction of sp³-hybridized carbons (Fsp3) is 0.556. The predicted octanol–water partition coefficient (Wildman–Crippen LogP) is 2.05. The average molecular weight is 335 g/mol. The minimum Gasteiger partial charge on any atom is -0.366 e. The Balaban J connectivity index is 2.00. The molecule has 5 nitrogen and oxygen atoms in total. The number of carbonyl (C=O) groups is 2. The lowest BCUT2D eigenvalue weighted by molar-refractivity contribution is -0.134. The summed E-state index contributed by atoms with van der Waals surface area (Å²) in [5.74, 6) is -0.447. The highest BCUT2D eigenvalue weighted by molar-refractivity contribution is 5.94. The molecule has 0 aromatic heterocycles. The number of piperazine rings is 1. The first-order valence-electron chi connectivity index (χ1n) is 8.45. The van der Waals surface area contributed by atoms with Crippen molar-refractivity contribution in [3.8, 4) is 0 Å². The lowest BCUT2D eigenvalue weighted by Crippen LogP contribution is -2.54.